The molecule has 3 rings (SSSR count). The van der Waals surface area contributed by atoms with Gasteiger partial charge in [0.1, 0.15) is 17.1 Å². The van der Waals surface area contributed by atoms with Gasteiger partial charge in [0.15, 0.2) is 11.5 Å². The minimum atomic E-state index is -0.228. The van der Waals surface area contributed by atoms with Crippen LogP contribution in [0.2, 0.25) is 0 Å². The minimum Gasteiger partial charge on any atom is -0.507 e. The van der Waals surface area contributed by atoms with Gasteiger partial charge >= 0.3 is 0 Å². The Kier molecular flexibility index (Phi) is 4.89. The van der Waals surface area contributed by atoms with Crippen molar-refractivity contribution in [2.45, 2.75) is 46.1 Å². The smallest absolute Gasteiger partial charge is 0.203 e. The molecule has 27 heavy (non-hydrogen) atoms. The van der Waals surface area contributed by atoms with E-state index in [9.17, 15) is 5.11 Å². The molecule has 0 fully saturated rings. The lowest BCUT2D eigenvalue weighted by molar-refractivity contribution is 0.0836. The summed E-state index contributed by atoms with van der Waals surface area (Å²) >= 11 is 0. The molecule has 0 bridgehead atoms. The maximum atomic E-state index is 11.0. The third kappa shape index (κ3) is 3.15. The summed E-state index contributed by atoms with van der Waals surface area (Å²) < 4.78 is 22.7. The van der Waals surface area contributed by atoms with Gasteiger partial charge in [-0.3, -0.25) is 0 Å². The second-order valence-corrected chi connectivity index (χ2v) is 7.56. The first-order chi connectivity index (χ1) is 12.7. The Labute approximate surface area is 160 Å². The first kappa shape index (κ1) is 19.2. The number of phenolic OH excluding ortho intramolecular Hbond substituents is 1. The van der Waals surface area contributed by atoms with Crippen molar-refractivity contribution in [3.05, 3.63) is 28.8 Å². The van der Waals surface area contributed by atoms with Gasteiger partial charge in [-0.1, -0.05) is 0 Å². The molecule has 0 atom stereocenters. The molecule has 0 aromatic heterocycles. The molecule has 0 unspecified atom stereocenters. The van der Waals surface area contributed by atoms with Crippen molar-refractivity contribution in [1.29, 1.82) is 0 Å². The number of fused-ring (bicyclic) bond motifs is 1. The summed E-state index contributed by atoms with van der Waals surface area (Å²) in [4.78, 5) is 0. The predicted molar refractivity (Wildman–Crippen MR) is 106 cm³/mol. The van der Waals surface area contributed by atoms with Crippen molar-refractivity contribution in [2.24, 2.45) is 0 Å². The van der Waals surface area contributed by atoms with E-state index in [4.69, 9.17) is 18.9 Å². The molecule has 2 aromatic rings. The molecule has 1 heterocycles. The third-order valence-corrected chi connectivity index (χ3v) is 5.38. The molecule has 5 nitrogen and oxygen atoms in total. The topological polar surface area (TPSA) is 57.2 Å². The molecule has 2 aromatic carbocycles. The van der Waals surface area contributed by atoms with E-state index in [1.807, 2.05) is 26.0 Å². The van der Waals surface area contributed by atoms with Gasteiger partial charge in [0, 0.05) is 11.1 Å². The molecular formula is C22H28O5. The second-order valence-electron chi connectivity index (χ2n) is 7.56. The van der Waals surface area contributed by atoms with Crippen LogP contribution in [0.1, 0.15) is 37.0 Å². The highest BCUT2D eigenvalue weighted by molar-refractivity contribution is 5.82. The average molecular weight is 372 g/mol. The van der Waals surface area contributed by atoms with E-state index >= 15 is 0 Å². The Morgan fingerprint density at radius 2 is 1.56 bits per heavy atom. The molecule has 5 heteroatoms. The molecule has 1 aliphatic rings. The minimum absolute atomic E-state index is 0.228. The summed E-state index contributed by atoms with van der Waals surface area (Å²) in [6.07, 6.45) is 1.70. The molecule has 1 aliphatic heterocycles. The van der Waals surface area contributed by atoms with Crippen LogP contribution < -0.4 is 18.9 Å². The van der Waals surface area contributed by atoms with Crippen LogP contribution in [0.4, 0.5) is 0 Å². The number of rotatable bonds is 4. The second kappa shape index (κ2) is 6.87. The van der Waals surface area contributed by atoms with Gasteiger partial charge in [0.2, 0.25) is 5.75 Å². The van der Waals surface area contributed by atoms with Crippen LogP contribution in [-0.4, -0.2) is 32.0 Å². The Hall–Kier alpha value is -2.56. The normalized spacial score (nSPS) is 14.9. The highest BCUT2D eigenvalue weighted by Crippen LogP contribution is 2.50. The van der Waals surface area contributed by atoms with Gasteiger partial charge in [-0.15, -0.1) is 0 Å². The molecule has 0 saturated heterocycles. The highest BCUT2D eigenvalue weighted by Gasteiger charge is 2.32. The lowest BCUT2D eigenvalue weighted by atomic mass is 9.85. The van der Waals surface area contributed by atoms with Crippen LogP contribution in [0.25, 0.3) is 11.1 Å². The SMILES string of the molecule is COc1cc(-c2c(O)c(C)c(C)c3c2CCC(C)(C)O3)cc(OC)c1OC. The van der Waals surface area contributed by atoms with Crippen LogP contribution in [0, 0.1) is 13.8 Å². The standard InChI is InChI=1S/C22H28O5/c1-12-13(2)20-15(8-9-22(3,4)27-20)18(19(12)23)14-10-16(24-5)21(26-7)17(11-14)25-6/h10-11,23H,8-9H2,1-7H3. The zero-order valence-electron chi connectivity index (χ0n) is 17.1. The zero-order chi connectivity index (χ0) is 19.9. The summed E-state index contributed by atoms with van der Waals surface area (Å²) in [5.41, 5.74) is 4.16. The molecule has 1 N–H and O–H groups in total. The average Bonchev–Trinajstić information content (AvgIpc) is 2.65. The summed E-state index contributed by atoms with van der Waals surface area (Å²) in [6.45, 7) is 8.10. The van der Waals surface area contributed by atoms with Gasteiger partial charge < -0.3 is 24.1 Å². The Bertz CT molecular complexity index is 858. The van der Waals surface area contributed by atoms with Gasteiger partial charge in [-0.05, 0) is 69.4 Å². The number of phenols is 1. The first-order valence-electron chi connectivity index (χ1n) is 9.08. The van der Waals surface area contributed by atoms with Gasteiger partial charge in [0.05, 0.1) is 21.3 Å². The fourth-order valence-electron chi connectivity index (χ4n) is 3.68. The van der Waals surface area contributed by atoms with Gasteiger partial charge in [-0.2, -0.15) is 0 Å². The van der Waals surface area contributed by atoms with Crippen molar-refractivity contribution in [2.75, 3.05) is 21.3 Å². The lowest BCUT2D eigenvalue weighted by Gasteiger charge is -2.35. The van der Waals surface area contributed by atoms with Crippen LogP contribution >= 0.6 is 0 Å². The monoisotopic (exact) mass is 372 g/mol. The van der Waals surface area contributed by atoms with Gasteiger partial charge in [0.25, 0.3) is 0 Å². The number of hydrogen-bond donors (Lipinski definition) is 1. The molecule has 0 radical (unpaired) electrons. The van der Waals surface area contributed by atoms with Crippen molar-refractivity contribution in [3.63, 3.8) is 0 Å². The summed E-state index contributed by atoms with van der Waals surface area (Å²) in [7, 11) is 4.75. The molecule has 0 amide bonds. The number of methoxy groups -OCH3 is 3. The van der Waals surface area contributed by atoms with E-state index in [0.29, 0.717) is 17.2 Å². The molecule has 0 spiro atoms. The lowest BCUT2D eigenvalue weighted by Crippen LogP contribution is -2.33. The highest BCUT2D eigenvalue weighted by atomic mass is 16.5. The van der Waals surface area contributed by atoms with Gasteiger partial charge in [-0.25, -0.2) is 0 Å². The number of benzene rings is 2. The van der Waals surface area contributed by atoms with Crippen molar-refractivity contribution < 1.29 is 24.1 Å². The number of ether oxygens (including phenoxy) is 4. The van der Waals surface area contributed by atoms with Crippen LogP contribution in [0.15, 0.2) is 12.1 Å². The molecule has 0 saturated carbocycles. The van der Waals surface area contributed by atoms with Crippen molar-refractivity contribution in [3.8, 4) is 39.9 Å². The maximum absolute atomic E-state index is 11.0. The summed E-state index contributed by atoms with van der Waals surface area (Å²) in [5.74, 6) is 2.76. The zero-order valence-corrected chi connectivity index (χ0v) is 17.1. The number of hydrogen-bond acceptors (Lipinski definition) is 5. The van der Waals surface area contributed by atoms with E-state index in [-0.39, 0.29) is 11.4 Å². The first-order valence-corrected chi connectivity index (χ1v) is 9.08. The van der Waals surface area contributed by atoms with Crippen LogP contribution in [0.3, 0.4) is 0 Å². The van der Waals surface area contributed by atoms with E-state index in [0.717, 1.165) is 46.4 Å². The third-order valence-electron chi connectivity index (χ3n) is 5.38. The predicted octanol–water partition coefficient (Wildman–Crippen LogP) is 4.81. The maximum Gasteiger partial charge on any atom is 0.203 e. The molecular weight excluding hydrogens is 344 g/mol. The van der Waals surface area contributed by atoms with E-state index in [1.54, 1.807) is 21.3 Å². The number of aromatic hydroxyl groups is 1. The largest absolute Gasteiger partial charge is 0.507 e. The Morgan fingerprint density at radius 3 is 2.07 bits per heavy atom. The van der Waals surface area contributed by atoms with Crippen molar-refractivity contribution >= 4 is 0 Å². The summed E-state index contributed by atoms with van der Waals surface area (Å²) in [5, 5.41) is 11.0. The fourth-order valence-corrected chi connectivity index (χ4v) is 3.68. The fraction of sp³-hybridized carbons (Fsp3) is 0.455. The van der Waals surface area contributed by atoms with Crippen molar-refractivity contribution in [1.82, 2.24) is 0 Å². The molecule has 0 aliphatic carbocycles. The van der Waals surface area contributed by atoms with E-state index in [1.165, 1.54) is 0 Å². The van der Waals surface area contributed by atoms with Crippen LogP contribution in [0.5, 0.6) is 28.7 Å². The Balaban J connectivity index is 2.31. The van der Waals surface area contributed by atoms with Crippen LogP contribution in [-0.2, 0) is 6.42 Å². The molecule has 146 valence electrons. The van der Waals surface area contributed by atoms with E-state index < -0.39 is 0 Å². The Morgan fingerprint density at radius 1 is 0.963 bits per heavy atom. The summed E-state index contributed by atoms with van der Waals surface area (Å²) in [6, 6.07) is 3.73. The van der Waals surface area contributed by atoms with E-state index in [2.05, 4.69) is 13.8 Å². The quantitative estimate of drug-likeness (QED) is 0.835.